The fraction of sp³-hybridized carbons (Fsp3) is 0.647. The lowest BCUT2D eigenvalue weighted by Crippen LogP contribution is -2.36. The van der Waals surface area contributed by atoms with E-state index in [2.05, 4.69) is 20.6 Å². The lowest BCUT2D eigenvalue weighted by atomic mass is 9.96. The molecule has 4 rings (SSSR count). The Morgan fingerprint density at radius 1 is 1.20 bits per heavy atom. The van der Waals surface area contributed by atoms with Crippen LogP contribution in [0.4, 0.5) is 10.6 Å². The average molecular weight is 343 g/mol. The summed E-state index contributed by atoms with van der Waals surface area (Å²) >= 11 is 0. The number of aromatic nitrogens is 5. The highest BCUT2D eigenvalue weighted by Crippen LogP contribution is 2.32. The van der Waals surface area contributed by atoms with E-state index in [9.17, 15) is 4.79 Å². The van der Waals surface area contributed by atoms with Gasteiger partial charge in [-0.15, -0.1) is 10.2 Å². The van der Waals surface area contributed by atoms with Crippen molar-refractivity contribution in [2.45, 2.75) is 57.0 Å². The van der Waals surface area contributed by atoms with Crippen LogP contribution in [0.5, 0.6) is 0 Å². The Labute approximate surface area is 147 Å². The van der Waals surface area contributed by atoms with Crippen LogP contribution in [0.1, 0.15) is 62.9 Å². The van der Waals surface area contributed by atoms with Gasteiger partial charge in [-0.2, -0.15) is 5.10 Å². The maximum absolute atomic E-state index is 12.9. The van der Waals surface area contributed by atoms with Crippen molar-refractivity contribution in [3.8, 4) is 0 Å². The molecular formula is C17H25N7O. The van der Waals surface area contributed by atoms with E-state index in [1.807, 2.05) is 27.3 Å². The van der Waals surface area contributed by atoms with Crippen molar-refractivity contribution in [2.24, 2.45) is 7.05 Å². The second-order valence-electron chi connectivity index (χ2n) is 7.03. The summed E-state index contributed by atoms with van der Waals surface area (Å²) in [5, 5.41) is 15.7. The van der Waals surface area contributed by atoms with Crippen LogP contribution in [0, 0.1) is 0 Å². The van der Waals surface area contributed by atoms with E-state index in [-0.39, 0.29) is 12.1 Å². The van der Waals surface area contributed by atoms with Gasteiger partial charge in [-0.25, -0.2) is 9.48 Å². The number of nitrogens with one attached hydrogen (secondary N) is 1. The van der Waals surface area contributed by atoms with E-state index < -0.39 is 0 Å². The fourth-order valence-electron chi connectivity index (χ4n) is 4.08. The number of carbonyl (C=O) groups excluding carboxylic acids is 1. The molecule has 2 aromatic heterocycles. The summed E-state index contributed by atoms with van der Waals surface area (Å²) in [7, 11) is 1.92. The molecule has 0 spiro atoms. The van der Waals surface area contributed by atoms with Gasteiger partial charge in [0.1, 0.15) is 12.1 Å². The normalized spacial score (nSPS) is 21.6. The third kappa shape index (κ3) is 3.12. The van der Waals surface area contributed by atoms with Crippen LogP contribution < -0.4 is 5.32 Å². The largest absolute Gasteiger partial charge is 0.323 e. The van der Waals surface area contributed by atoms with Crippen molar-refractivity contribution in [1.29, 1.82) is 0 Å². The number of hydrogen-bond donors (Lipinski definition) is 1. The van der Waals surface area contributed by atoms with E-state index in [1.165, 1.54) is 19.3 Å². The Balaban J connectivity index is 1.49. The van der Waals surface area contributed by atoms with E-state index >= 15 is 0 Å². The summed E-state index contributed by atoms with van der Waals surface area (Å²) in [6.07, 6.45) is 11.4. The maximum Gasteiger partial charge on any atom is 0.323 e. The molecule has 8 nitrogen and oxygen atoms in total. The minimum Gasteiger partial charge on any atom is -0.319 e. The average Bonchev–Trinajstić information content (AvgIpc) is 3.35. The minimum atomic E-state index is -0.0805. The Morgan fingerprint density at radius 2 is 2.04 bits per heavy atom. The van der Waals surface area contributed by atoms with Gasteiger partial charge in [0.25, 0.3) is 0 Å². The highest BCUT2D eigenvalue weighted by Gasteiger charge is 2.33. The molecule has 0 radical (unpaired) electrons. The number of hydrogen-bond acceptors (Lipinski definition) is 4. The molecule has 1 atom stereocenters. The Hall–Kier alpha value is -2.38. The molecule has 2 fully saturated rings. The zero-order valence-electron chi connectivity index (χ0n) is 14.6. The molecule has 0 unspecified atom stereocenters. The predicted molar refractivity (Wildman–Crippen MR) is 93.1 cm³/mol. The van der Waals surface area contributed by atoms with Gasteiger partial charge in [-0.3, -0.25) is 5.32 Å². The topological polar surface area (TPSA) is 80.9 Å². The fourth-order valence-corrected chi connectivity index (χ4v) is 4.08. The first kappa shape index (κ1) is 16.1. The van der Waals surface area contributed by atoms with Gasteiger partial charge in [0, 0.05) is 19.7 Å². The first-order valence-corrected chi connectivity index (χ1v) is 9.19. The van der Waals surface area contributed by atoms with Crippen molar-refractivity contribution in [1.82, 2.24) is 29.4 Å². The lowest BCUT2D eigenvalue weighted by molar-refractivity contribution is 0.203. The van der Waals surface area contributed by atoms with Crippen LogP contribution in [-0.2, 0) is 7.05 Å². The van der Waals surface area contributed by atoms with Gasteiger partial charge in [0.2, 0.25) is 0 Å². The Morgan fingerprint density at radius 3 is 2.80 bits per heavy atom. The van der Waals surface area contributed by atoms with Gasteiger partial charge < -0.3 is 9.47 Å². The zero-order chi connectivity index (χ0) is 17.2. The molecule has 1 saturated heterocycles. The van der Waals surface area contributed by atoms with Crippen molar-refractivity contribution in [3.05, 3.63) is 24.4 Å². The van der Waals surface area contributed by atoms with Gasteiger partial charge in [0.15, 0.2) is 5.82 Å². The second-order valence-corrected chi connectivity index (χ2v) is 7.03. The van der Waals surface area contributed by atoms with Crippen molar-refractivity contribution < 1.29 is 4.79 Å². The molecule has 1 aliphatic carbocycles. The molecule has 2 amide bonds. The molecule has 1 aliphatic heterocycles. The summed E-state index contributed by atoms with van der Waals surface area (Å²) in [6.45, 7) is 0.737. The molecular weight excluding hydrogens is 318 g/mol. The zero-order valence-corrected chi connectivity index (χ0v) is 14.6. The van der Waals surface area contributed by atoms with Crippen LogP contribution >= 0.6 is 0 Å². The maximum atomic E-state index is 12.9. The number of anilines is 1. The number of carbonyl (C=O) groups is 1. The molecule has 1 saturated carbocycles. The number of nitrogens with zero attached hydrogens (tertiary/aromatic N) is 6. The Kier molecular flexibility index (Phi) is 4.42. The second kappa shape index (κ2) is 6.85. The van der Waals surface area contributed by atoms with Gasteiger partial charge in [0.05, 0.1) is 18.3 Å². The SMILES string of the molecule is Cn1cnnc1[C@H]1CCCN1C(=O)Nc1ccnn1C1CCCCC1. The first-order chi connectivity index (χ1) is 12.2. The van der Waals surface area contributed by atoms with Crippen LogP contribution in [0.25, 0.3) is 0 Å². The van der Waals surface area contributed by atoms with Crippen LogP contribution in [0.3, 0.4) is 0 Å². The number of likely N-dealkylation sites (tertiary alicyclic amines) is 1. The van der Waals surface area contributed by atoms with E-state index in [0.717, 1.165) is 43.9 Å². The van der Waals surface area contributed by atoms with Gasteiger partial charge >= 0.3 is 6.03 Å². The number of urea groups is 1. The summed E-state index contributed by atoms with van der Waals surface area (Å²) in [6, 6.07) is 2.19. The van der Waals surface area contributed by atoms with E-state index in [0.29, 0.717) is 6.04 Å². The molecule has 8 heteroatoms. The first-order valence-electron chi connectivity index (χ1n) is 9.19. The van der Waals surface area contributed by atoms with Crippen LogP contribution in [-0.4, -0.2) is 42.0 Å². The van der Waals surface area contributed by atoms with Crippen LogP contribution in [0.2, 0.25) is 0 Å². The Bertz CT molecular complexity index is 731. The highest BCUT2D eigenvalue weighted by molar-refractivity contribution is 5.88. The van der Waals surface area contributed by atoms with E-state index in [4.69, 9.17) is 0 Å². The quantitative estimate of drug-likeness (QED) is 0.929. The van der Waals surface area contributed by atoms with Gasteiger partial charge in [-0.1, -0.05) is 19.3 Å². The van der Waals surface area contributed by atoms with Crippen molar-refractivity contribution in [3.63, 3.8) is 0 Å². The molecule has 134 valence electrons. The lowest BCUT2D eigenvalue weighted by Gasteiger charge is -2.26. The number of amides is 2. The standard InChI is InChI=1S/C17H25N7O/c1-22-12-18-21-16(22)14-8-5-11-23(14)17(25)20-15-9-10-19-24(15)13-6-3-2-4-7-13/h9-10,12-14H,2-8,11H2,1H3,(H,20,25)/t14-/m1/s1. The van der Waals surface area contributed by atoms with Crippen molar-refractivity contribution >= 4 is 11.8 Å². The summed E-state index contributed by atoms with van der Waals surface area (Å²) in [5.74, 6) is 1.63. The summed E-state index contributed by atoms with van der Waals surface area (Å²) < 4.78 is 3.88. The molecule has 3 heterocycles. The summed E-state index contributed by atoms with van der Waals surface area (Å²) in [4.78, 5) is 14.7. The van der Waals surface area contributed by atoms with Crippen molar-refractivity contribution in [2.75, 3.05) is 11.9 Å². The number of aryl methyl sites for hydroxylation is 1. The predicted octanol–water partition coefficient (Wildman–Crippen LogP) is 2.89. The molecule has 0 bridgehead atoms. The smallest absolute Gasteiger partial charge is 0.319 e. The van der Waals surface area contributed by atoms with Crippen LogP contribution in [0.15, 0.2) is 18.6 Å². The third-order valence-electron chi connectivity index (χ3n) is 5.38. The molecule has 0 aromatic carbocycles. The molecule has 2 aliphatic rings. The number of rotatable bonds is 3. The van der Waals surface area contributed by atoms with E-state index in [1.54, 1.807) is 12.5 Å². The summed E-state index contributed by atoms with van der Waals surface area (Å²) in [5.41, 5.74) is 0. The third-order valence-corrected chi connectivity index (χ3v) is 5.38. The highest BCUT2D eigenvalue weighted by atomic mass is 16.2. The minimum absolute atomic E-state index is 0.0152. The molecule has 1 N–H and O–H groups in total. The molecule has 2 aromatic rings. The molecule has 25 heavy (non-hydrogen) atoms. The van der Waals surface area contributed by atoms with Gasteiger partial charge in [-0.05, 0) is 25.7 Å². The monoisotopic (exact) mass is 343 g/mol.